The Kier molecular flexibility index (Phi) is 5.78. The normalized spacial score (nSPS) is 14.6. The number of ether oxygens (including phenoxy) is 1. The number of pyridine rings is 1. The van der Waals surface area contributed by atoms with Gasteiger partial charge in [-0.2, -0.15) is 0 Å². The first-order valence-corrected chi connectivity index (χ1v) is 9.64. The number of aromatic amines is 1. The van der Waals surface area contributed by atoms with Crippen LogP contribution < -0.4 is 21.1 Å². The van der Waals surface area contributed by atoms with Crippen molar-refractivity contribution in [3.8, 4) is 5.75 Å². The number of aromatic nitrogens is 1. The molecule has 2 amide bonds. The van der Waals surface area contributed by atoms with Gasteiger partial charge < -0.3 is 9.72 Å². The van der Waals surface area contributed by atoms with Gasteiger partial charge in [0.2, 0.25) is 0 Å². The Labute approximate surface area is 174 Å². The van der Waals surface area contributed by atoms with E-state index in [9.17, 15) is 19.2 Å². The summed E-state index contributed by atoms with van der Waals surface area (Å²) < 4.78 is 5.40. The van der Waals surface area contributed by atoms with Crippen molar-refractivity contribution in [3.63, 3.8) is 0 Å². The molecule has 30 heavy (non-hydrogen) atoms. The van der Waals surface area contributed by atoms with Crippen molar-refractivity contribution in [1.82, 2.24) is 15.8 Å². The predicted octanol–water partition coefficient (Wildman–Crippen LogP) is 1.99. The SMILES string of the molecule is Cc1ccc(OCC(=O)NNC(=O)c2cc3c([nH]c2=O)CC(C)(C)CC3=O)cc1C. The van der Waals surface area contributed by atoms with Gasteiger partial charge in [-0.25, -0.2) is 0 Å². The Bertz CT molecular complexity index is 1080. The summed E-state index contributed by atoms with van der Waals surface area (Å²) in [7, 11) is 0. The lowest BCUT2D eigenvalue weighted by atomic mass is 9.75. The van der Waals surface area contributed by atoms with E-state index in [1.54, 1.807) is 6.07 Å². The third-order valence-corrected chi connectivity index (χ3v) is 5.13. The van der Waals surface area contributed by atoms with Gasteiger partial charge in [-0.1, -0.05) is 19.9 Å². The summed E-state index contributed by atoms with van der Waals surface area (Å²) in [6.07, 6.45) is 0.872. The third-order valence-electron chi connectivity index (χ3n) is 5.13. The minimum absolute atomic E-state index is 0.127. The zero-order chi connectivity index (χ0) is 22.1. The maximum atomic E-state index is 12.4. The molecule has 1 aliphatic carbocycles. The molecule has 8 nitrogen and oxygen atoms in total. The van der Waals surface area contributed by atoms with Crippen molar-refractivity contribution in [2.75, 3.05) is 6.61 Å². The van der Waals surface area contributed by atoms with Crippen LogP contribution in [0.3, 0.4) is 0 Å². The molecular formula is C22H25N3O5. The average molecular weight is 411 g/mol. The molecule has 0 radical (unpaired) electrons. The second-order valence-corrected chi connectivity index (χ2v) is 8.38. The van der Waals surface area contributed by atoms with E-state index in [-0.39, 0.29) is 23.4 Å². The predicted molar refractivity (Wildman–Crippen MR) is 111 cm³/mol. The maximum absolute atomic E-state index is 12.4. The number of Topliss-reactive ketones (excluding diaryl/α,β-unsaturated/α-hetero) is 1. The number of nitrogens with one attached hydrogen (secondary N) is 3. The minimum Gasteiger partial charge on any atom is -0.484 e. The van der Waals surface area contributed by atoms with Crippen molar-refractivity contribution in [3.05, 3.63) is 62.6 Å². The van der Waals surface area contributed by atoms with Crippen LogP contribution in [0.5, 0.6) is 5.75 Å². The molecule has 1 heterocycles. The van der Waals surface area contributed by atoms with E-state index in [2.05, 4.69) is 15.8 Å². The zero-order valence-corrected chi connectivity index (χ0v) is 17.5. The number of hydrogen-bond acceptors (Lipinski definition) is 5. The van der Waals surface area contributed by atoms with E-state index < -0.39 is 17.4 Å². The fourth-order valence-electron chi connectivity index (χ4n) is 3.38. The van der Waals surface area contributed by atoms with E-state index in [0.717, 1.165) is 11.1 Å². The molecule has 0 aliphatic heterocycles. The molecule has 0 unspecified atom stereocenters. The molecule has 0 fully saturated rings. The highest BCUT2D eigenvalue weighted by Crippen LogP contribution is 2.33. The monoisotopic (exact) mass is 411 g/mol. The number of carbonyl (C=O) groups is 3. The van der Waals surface area contributed by atoms with Crippen molar-refractivity contribution in [2.45, 2.75) is 40.5 Å². The first-order chi connectivity index (χ1) is 14.1. The number of benzene rings is 1. The average Bonchev–Trinajstić information content (AvgIpc) is 2.65. The quantitative estimate of drug-likeness (QED) is 0.665. The van der Waals surface area contributed by atoms with Crippen molar-refractivity contribution in [1.29, 1.82) is 0 Å². The summed E-state index contributed by atoms with van der Waals surface area (Å²) in [5.41, 5.74) is 6.30. The molecule has 0 bridgehead atoms. The van der Waals surface area contributed by atoms with Crippen molar-refractivity contribution in [2.24, 2.45) is 5.41 Å². The number of aryl methyl sites for hydroxylation is 2. The highest BCUT2D eigenvalue weighted by atomic mass is 16.5. The Morgan fingerprint density at radius 2 is 1.80 bits per heavy atom. The molecule has 2 aromatic rings. The van der Waals surface area contributed by atoms with Gasteiger partial charge in [0.25, 0.3) is 17.4 Å². The lowest BCUT2D eigenvalue weighted by molar-refractivity contribution is -0.123. The van der Waals surface area contributed by atoms with Crippen LogP contribution in [0, 0.1) is 19.3 Å². The summed E-state index contributed by atoms with van der Waals surface area (Å²) >= 11 is 0. The van der Waals surface area contributed by atoms with Gasteiger partial charge in [0.1, 0.15) is 11.3 Å². The van der Waals surface area contributed by atoms with Gasteiger partial charge in [0, 0.05) is 17.7 Å². The number of carbonyl (C=O) groups excluding carboxylic acids is 3. The molecular weight excluding hydrogens is 386 g/mol. The molecule has 1 aromatic carbocycles. The molecule has 1 aromatic heterocycles. The van der Waals surface area contributed by atoms with Crippen LogP contribution in [0.25, 0.3) is 0 Å². The standard InChI is InChI=1S/C22H25N3O5/c1-12-5-6-14(7-13(12)2)30-11-19(27)24-25-21(29)16-8-15-17(23-20(16)28)9-22(3,4)10-18(15)26/h5-8H,9-11H2,1-4H3,(H,23,28)(H,24,27)(H,25,29). The first kappa shape index (κ1) is 21.3. The number of hydrogen-bond donors (Lipinski definition) is 3. The smallest absolute Gasteiger partial charge is 0.276 e. The fraction of sp³-hybridized carbons (Fsp3) is 0.364. The van der Waals surface area contributed by atoms with Crippen LogP contribution >= 0.6 is 0 Å². The summed E-state index contributed by atoms with van der Waals surface area (Å²) in [5.74, 6) is -0.991. The molecule has 8 heteroatoms. The highest BCUT2D eigenvalue weighted by molar-refractivity contribution is 6.02. The van der Waals surface area contributed by atoms with Crippen LogP contribution in [-0.4, -0.2) is 29.2 Å². The van der Waals surface area contributed by atoms with E-state index in [4.69, 9.17) is 4.74 Å². The second kappa shape index (κ2) is 8.14. The highest BCUT2D eigenvalue weighted by Gasteiger charge is 2.32. The molecule has 3 rings (SSSR count). The number of amides is 2. The van der Waals surface area contributed by atoms with E-state index in [1.807, 2.05) is 39.8 Å². The second-order valence-electron chi connectivity index (χ2n) is 8.38. The lowest BCUT2D eigenvalue weighted by Gasteiger charge is -2.29. The maximum Gasteiger partial charge on any atom is 0.276 e. The molecule has 158 valence electrons. The summed E-state index contributed by atoms with van der Waals surface area (Å²) in [6.45, 7) is 7.49. The largest absolute Gasteiger partial charge is 0.484 e. The number of hydrazine groups is 1. The number of fused-ring (bicyclic) bond motifs is 1. The van der Waals surface area contributed by atoms with Gasteiger partial charge in [0.05, 0.1) is 0 Å². The van der Waals surface area contributed by atoms with E-state index >= 15 is 0 Å². The molecule has 3 N–H and O–H groups in total. The number of ketones is 1. The van der Waals surface area contributed by atoms with E-state index in [0.29, 0.717) is 29.8 Å². The van der Waals surface area contributed by atoms with E-state index in [1.165, 1.54) is 6.07 Å². The lowest BCUT2D eigenvalue weighted by Crippen LogP contribution is -2.45. The Balaban J connectivity index is 1.61. The summed E-state index contributed by atoms with van der Waals surface area (Å²) in [4.78, 5) is 51.6. The van der Waals surface area contributed by atoms with Gasteiger partial charge in [0.15, 0.2) is 12.4 Å². The van der Waals surface area contributed by atoms with Crippen LogP contribution in [0.2, 0.25) is 0 Å². The Hall–Kier alpha value is -3.42. The van der Waals surface area contributed by atoms with Gasteiger partial charge in [-0.15, -0.1) is 0 Å². The van der Waals surface area contributed by atoms with Crippen molar-refractivity contribution < 1.29 is 19.1 Å². The van der Waals surface area contributed by atoms with Gasteiger partial charge in [-0.05, 0) is 55.0 Å². The molecule has 1 aliphatic rings. The topological polar surface area (TPSA) is 117 Å². The Morgan fingerprint density at radius 1 is 1.07 bits per heavy atom. The van der Waals surface area contributed by atoms with Gasteiger partial charge >= 0.3 is 0 Å². The van der Waals surface area contributed by atoms with Crippen molar-refractivity contribution >= 4 is 17.6 Å². The summed E-state index contributed by atoms with van der Waals surface area (Å²) in [5, 5.41) is 0. The van der Waals surface area contributed by atoms with Crippen LogP contribution in [0.4, 0.5) is 0 Å². The van der Waals surface area contributed by atoms with Crippen LogP contribution in [0.1, 0.15) is 57.8 Å². The Morgan fingerprint density at radius 3 is 2.50 bits per heavy atom. The third kappa shape index (κ3) is 4.76. The minimum atomic E-state index is -0.809. The number of H-pyrrole nitrogens is 1. The molecule has 0 spiro atoms. The van der Waals surface area contributed by atoms with Gasteiger partial charge in [-0.3, -0.25) is 30.0 Å². The molecule has 0 saturated carbocycles. The molecule has 0 atom stereocenters. The first-order valence-electron chi connectivity index (χ1n) is 9.64. The van der Waals surface area contributed by atoms with Crippen LogP contribution in [-0.2, 0) is 11.2 Å². The number of rotatable bonds is 4. The zero-order valence-electron chi connectivity index (χ0n) is 17.5. The van der Waals surface area contributed by atoms with Crippen LogP contribution in [0.15, 0.2) is 29.1 Å². The summed E-state index contributed by atoms with van der Waals surface area (Å²) in [6, 6.07) is 6.74. The fourth-order valence-corrected chi connectivity index (χ4v) is 3.38. The molecule has 0 saturated heterocycles.